The quantitative estimate of drug-likeness (QED) is 0.776. The molecule has 0 unspecified atom stereocenters. The molecule has 0 aliphatic carbocycles. The van der Waals surface area contributed by atoms with Crippen LogP contribution < -0.4 is 11.1 Å². The van der Waals surface area contributed by atoms with E-state index in [1.165, 1.54) is 0 Å². The van der Waals surface area contributed by atoms with E-state index in [1.54, 1.807) is 0 Å². The molecule has 104 valence electrons. The van der Waals surface area contributed by atoms with Crippen molar-refractivity contribution in [2.45, 2.75) is 58.0 Å². The average molecular weight is 255 g/mol. The number of amides is 2. The molecule has 1 aliphatic heterocycles. The predicted octanol–water partition coefficient (Wildman–Crippen LogP) is 0.631. The highest BCUT2D eigenvalue weighted by atomic mass is 16.2. The minimum atomic E-state index is -0.238. The molecule has 3 N–H and O–H groups in total. The fraction of sp³-hybridized carbons (Fsp3) is 0.846. The van der Waals surface area contributed by atoms with Gasteiger partial charge in [0.15, 0.2) is 0 Å². The normalized spacial score (nSPS) is 17.7. The van der Waals surface area contributed by atoms with Crippen molar-refractivity contribution in [1.82, 2.24) is 10.2 Å². The standard InChI is InChI=1S/C13H25N3O2/c1-13(2,3)15-11(17)4-5-12(18)16-8-6-10(14)7-9-16/h10H,4-9,14H2,1-3H3,(H,15,17). The average Bonchev–Trinajstić information content (AvgIpc) is 2.24. The largest absolute Gasteiger partial charge is 0.351 e. The summed E-state index contributed by atoms with van der Waals surface area (Å²) in [7, 11) is 0. The van der Waals surface area contributed by atoms with E-state index in [-0.39, 0.29) is 36.2 Å². The first-order valence-electron chi connectivity index (χ1n) is 6.62. The molecular formula is C13H25N3O2. The summed E-state index contributed by atoms with van der Waals surface area (Å²) in [5.74, 6) is -0.00415. The number of hydrogen-bond donors (Lipinski definition) is 2. The van der Waals surface area contributed by atoms with Gasteiger partial charge in [-0.3, -0.25) is 9.59 Å². The number of likely N-dealkylation sites (tertiary alicyclic amines) is 1. The number of piperidine rings is 1. The number of rotatable bonds is 3. The summed E-state index contributed by atoms with van der Waals surface area (Å²) < 4.78 is 0. The molecule has 0 atom stereocenters. The minimum absolute atomic E-state index is 0.0611. The summed E-state index contributed by atoms with van der Waals surface area (Å²) in [6.45, 7) is 7.23. The second-order valence-corrected chi connectivity index (χ2v) is 6.02. The van der Waals surface area contributed by atoms with Gasteiger partial charge < -0.3 is 16.0 Å². The molecular weight excluding hydrogens is 230 g/mol. The lowest BCUT2D eigenvalue weighted by Gasteiger charge is -2.30. The molecule has 0 aromatic carbocycles. The van der Waals surface area contributed by atoms with Crippen LogP contribution in [0.5, 0.6) is 0 Å². The van der Waals surface area contributed by atoms with Crippen LogP contribution in [0.2, 0.25) is 0 Å². The van der Waals surface area contributed by atoms with Gasteiger partial charge in [-0.05, 0) is 33.6 Å². The maximum absolute atomic E-state index is 11.9. The molecule has 1 fully saturated rings. The monoisotopic (exact) mass is 255 g/mol. The van der Waals surface area contributed by atoms with E-state index in [2.05, 4.69) is 5.32 Å². The van der Waals surface area contributed by atoms with Crippen LogP contribution >= 0.6 is 0 Å². The van der Waals surface area contributed by atoms with Crippen LogP contribution in [0, 0.1) is 0 Å². The van der Waals surface area contributed by atoms with Crippen molar-refractivity contribution in [3.05, 3.63) is 0 Å². The summed E-state index contributed by atoms with van der Waals surface area (Å²) in [5.41, 5.74) is 5.55. The van der Waals surface area contributed by atoms with Gasteiger partial charge in [0, 0.05) is 37.5 Å². The summed E-state index contributed by atoms with van der Waals surface area (Å²) in [6, 6.07) is 0.221. The van der Waals surface area contributed by atoms with Crippen molar-refractivity contribution in [3.63, 3.8) is 0 Å². The van der Waals surface area contributed by atoms with Crippen molar-refractivity contribution in [3.8, 4) is 0 Å². The van der Waals surface area contributed by atoms with E-state index < -0.39 is 0 Å². The van der Waals surface area contributed by atoms with Crippen molar-refractivity contribution >= 4 is 11.8 Å². The van der Waals surface area contributed by atoms with Gasteiger partial charge in [-0.2, -0.15) is 0 Å². The van der Waals surface area contributed by atoms with E-state index in [4.69, 9.17) is 5.73 Å². The first-order chi connectivity index (χ1) is 8.28. The number of carbonyl (C=O) groups is 2. The fourth-order valence-electron chi connectivity index (χ4n) is 2.01. The molecule has 0 bridgehead atoms. The van der Waals surface area contributed by atoms with E-state index in [9.17, 15) is 9.59 Å². The molecule has 1 rings (SSSR count). The fourth-order valence-corrected chi connectivity index (χ4v) is 2.01. The highest BCUT2D eigenvalue weighted by Crippen LogP contribution is 2.10. The highest BCUT2D eigenvalue weighted by molar-refractivity contribution is 5.84. The molecule has 0 saturated carbocycles. The van der Waals surface area contributed by atoms with Crippen LogP contribution in [0.25, 0.3) is 0 Å². The van der Waals surface area contributed by atoms with Crippen LogP contribution in [0.3, 0.4) is 0 Å². The SMILES string of the molecule is CC(C)(C)NC(=O)CCC(=O)N1CCC(N)CC1. The van der Waals surface area contributed by atoms with E-state index in [0.29, 0.717) is 0 Å². The first kappa shape index (κ1) is 15.0. The zero-order chi connectivity index (χ0) is 13.8. The second-order valence-electron chi connectivity index (χ2n) is 6.02. The summed E-state index contributed by atoms with van der Waals surface area (Å²) >= 11 is 0. The zero-order valence-electron chi connectivity index (χ0n) is 11.7. The van der Waals surface area contributed by atoms with Crippen molar-refractivity contribution < 1.29 is 9.59 Å². The van der Waals surface area contributed by atoms with E-state index in [0.717, 1.165) is 25.9 Å². The number of carbonyl (C=O) groups excluding carboxylic acids is 2. The lowest BCUT2D eigenvalue weighted by atomic mass is 10.1. The van der Waals surface area contributed by atoms with Crippen LogP contribution in [0.15, 0.2) is 0 Å². The van der Waals surface area contributed by atoms with Gasteiger partial charge >= 0.3 is 0 Å². The van der Waals surface area contributed by atoms with E-state index >= 15 is 0 Å². The predicted molar refractivity (Wildman–Crippen MR) is 70.9 cm³/mol. The Hall–Kier alpha value is -1.10. The molecule has 5 heteroatoms. The van der Waals surface area contributed by atoms with Gasteiger partial charge in [-0.25, -0.2) is 0 Å². The second kappa shape index (κ2) is 6.18. The molecule has 2 amide bonds. The lowest BCUT2D eigenvalue weighted by molar-refractivity contribution is -0.134. The van der Waals surface area contributed by atoms with Gasteiger partial charge in [-0.15, -0.1) is 0 Å². The van der Waals surface area contributed by atoms with Gasteiger partial charge in [-0.1, -0.05) is 0 Å². The molecule has 1 heterocycles. The molecule has 1 aliphatic rings. The number of nitrogens with zero attached hydrogens (tertiary/aromatic N) is 1. The van der Waals surface area contributed by atoms with Crippen LogP contribution in [0.4, 0.5) is 0 Å². The van der Waals surface area contributed by atoms with Crippen molar-refractivity contribution in [2.24, 2.45) is 5.73 Å². The minimum Gasteiger partial charge on any atom is -0.351 e. The van der Waals surface area contributed by atoms with Crippen molar-refractivity contribution in [2.75, 3.05) is 13.1 Å². The Labute approximate surface area is 109 Å². The lowest BCUT2D eigenvalue weighted by Crippen LogP contribution is -2.44. The maximum atomic E-state index is 11.9. The Balaban J connectivity index is 2.27. The van der Waals surface area contributed by atoms with Crippen LogP contribution in [-0.4, -0.2) is 41.4 Å². The summed E-state index contributed by atoms with van der Waals surface area (Å²) in [4.78, 5) is 25.3. The molecule has 0 spiro atoms. The van der Waals surface area contributed by atoms with Gasteiger partial charge in [0.05, 0.1) is 0 Å². The van der Waals surface area contributed by atoms with Gasteiger partial charge in [0.1, 0.15) is 0 Å². The number of nitrogens with two attached hydrogens (primary N) is 1. The number of hydrogen-bond acceptors (Lipinski definition) is 3. The molecule has 0 radical (unpaired) electrons. The molecule has 0 aromatic rings. The Morgan fingerprint density at radius 2 is 1.78 bits per heavy atom. The molecule has 5 nitrogen and oxygen atoms in total. The zero-order valence-corrected chi connectivity index (χ0v) is 11.7. The van der Waals surface area contributed by atoms with Crippen molar-refractivity contribution in [1.29, 1.82) is 0 Å². The van der Waals surface area contributed by atoms with Gasteiger partial charge in [0.25, 0.3) is 0 Å². The third-order valence-electron chi connectivity index (χ3n) is 2.97. The molecule has 1 saturated heterocycles. The number of nitrogens with one attached hydrogen (secondary N) is 1. The maximum Gasteiger partial charge on any atom is 0.223 e. The van der Waals surface area contributed by atoms with Gasteiger partial charge in [0.2, 0.25) is 11.8 Å². The highest BCUT2D eigenvalue weighted by Gasteiger charge is 2.21. The third-order valence-corrected chi connectivity index (χ3v) is 2.97. The van der Waals surface area contributed by atoms with Crippen LogP contribution in [0.1, 0.15) is 46.5 Å². The Morgan fingerprint density at radius 3 is 2.28 bits per heavy atom. The Morgan fingerprint density at radius 1 is 1.22 bits per heavy atom. The van der Waals surface area contributed by atoms with Crippen LogP contribution in [-0.2, 0) is 9.59 Å². The topological polar surface area (TPSA) is 75.4 Å². The smallest absolute Gasteiger partial charge is 0.223 e. The Bertz CT molecular complexity index is 302. The Kier molecular flexibility index (Phi) is 5.14. The molecule has 18 heavy (non-hydrogen) atoms. The summed E-state index contributed by atoms with van der Waals surface area (Å²) in [5, 5.41) is 2.85. The first-order valence-corrected chi connectivity index (χ1v) is 6.62. The third kappa shape index (κ3) is 5.49. The molecule has 0 aromatic heterocycles. The summed E-state index contributed by atoms with van der Waals surface area (Å²) in [6.07, 6.45) is 2.27. The van der Waals surface area contributed by atoms with E-state index in [1.807, 2.05) is 25.7 Å².